The minimum absolute atomic E-state index is 0.659. The maximum Gasteiger partial charge on any atom is 0.153 e. The molecule has 2 fully saturated rings. The highest BCUT2D eigenvalue weighted by molar-refractivity contribution is 5.28. The maximum absolute atomic E-state index is 4.83. The Morgan fingerprint density at radius 3 is 2.37 bits per heavy atom. The third kappa shape index (κ3) is 5.50. The van der Waals surface area contributed by atoms with Gasteiger partial charge < -0.3 is 4.90 Å². The number of fused-ring (bicyclic) bond motifs is 1. The quantitative estimate of drug-likeness (QED) is 0.550. The van der Waals surface area contributed by atoms with Gasteiger partial charge in [0.15, 0.2) is 5.82 Å². The molecule has 1 atom stereocenters. The molecule has 6 heteroatoms. The number of aryl methyl sites for hydroxylation is 1. The molecule has 0 saturated carbocycles. The van der Waals surface area contributed by atoms with Crippen LogP contribution in [0.25, 0.3) is 5.82 Å². The highest BCUT2D eigenvalue weighted by atomic mass is 15.3. The van der Waals surface area contributed by atoms with E-state index in [9.17, 15) is 0 Å². The molecule has 2 saturated heterocycles. The topological polar surface area (TPSA) is 40.4 Å². The van der Waals surface area contributed by atoms with Crippen molar-refractivity contribution in [3.05, 3.63) is 77.7 Å². The van der Waals surface area contributed by atoms with E-state index < -0.39 is 0 Å². The average Bonchev–Trinajstić information content (AvgIpc) is 3.35. The maximum atomic E-state index is 4.83. The van der Waals surface area contributed by atoms with Crippen molar-refractivity contribution < 1.29 is 0 Å². The summed E-state index contributed by atoms with van der Waals surface area (Å²) in [7, 11) is 0. The number of benzene rings is 1. The van der Waals surface area contributed by atoms with Crippen molar-refractivity contribution in [1.82, 2.24) is 29.5 Å². The number of hydrogen-bond donors (Lipinski definition) is 0. The van der Waals surface area contributed by atoms with Gasteiger partial charge in [-0.1, -0.05) is 36.4 Å². The van der Waals surface area contributed by atoms with E-state index in [2.05, 4.69) is 56.2 Å². The molecule has 35 heavy (non-hydrogen) atoms. The van der Waals surface area contributed by atoms with Crippen LogP contribution < -0.4 is 0 Å². The first-order chi connectivity index (χ1) is 17.3. The lowest BCUT2D eigenvalue weighted by Crippen LogP contribution is -2.52. The highest BCUT2D eigenvalue weighted by Gasteiger charge is 2.30. The van der Waals surface area contributed by atoms with Crippen LogP contribution in [0.15, 0.2) is 60.9 Å². The molecule has 1 aromatic carbocycles. The van der Waals surface area contributed by atoms with Gasteiger partial charge in [-0.3, -0.25) is 9.80 Å². The smallest absolute Gasteiger partial charge is 0.153 e. The normalized spacial score (nSPS) is 22.8. The largest absolute Gasteiger partial charge is 0.301 e. The van der Waals surface area contributed by atoms with E-state index in [0.29, 0.717) is 6.04 Å². The highest BCUT2D eigenvalue weighted by Crippen LogP contribution is 2.26. The Bertz CT molecular complexity index is 1070. The Balaban J connectivity index is 0.952. The van der Waals surface area contributed by atoms with Crippen LogP contribution in [0.5, 0.6) is 0 Å². The Kier molecular flexibility index (Phi) is 6.94. The van der Waals surface area contributed by atoms with Crippen LogP contribution in [-0.4, -0.2) is 81.3 Å². The van der Waals surface area contributed by atoms with Crippen molar-refractivity contribution in [2.24, 2.45) is 5.92 Å². The lowest BCUT2D eigenvalue weighted by Gasteiger charge is -2.42. The summed E-state index contributed by atoms with van der Waals surface area (Å²) in [6.45, 7) is 9.76. The number of piperazine rings is 1. The zero-order chi connectivity index (χ0) is 23.5. The van der Waals surface area contributed by atoms with Gasteiger partial charge in [0, 0.05) is 57.7 Å². The number of aromatic nitrogens is 3. The number of piperidine rings is 1. The molecule has 6 nitrogen and oxygen atoms in total. The SMILES string of the molecule is c1ccc(CN2CCC(CN3CCN(C4CCc5nn(-c6ccccn6)cc5C4)CC3)CC2)cc1. The molecule has 3 aliphatic rings. The fourth-order valence-electron chi connectivity index (χ4n) is 6.25. The summed E-state index contributed by atoms with van der Waals surface area (Å²) in [5.41, 5.74) is 4.13. The standard InChI is InChI=1S/C29H38N6/c1-2-6-24(7-3-1)21-32-14-11-25(12-15-32)22-33-16-18-34(19-17-33)27-9-10-28-26(20-27)23-35(31-28)29-8-4-5-13-30-29/h1-8,13,23,25,27H,9-12,14-22H2. The molecule has 1 aliphatic carbocycles. The summed E-state index contributed by atoms with van der Waals surface area (Å²) < 4.78 is 1.97. The Morgan fingerprint density at radius 2 is 1.60 bits per heavy atom. The molecule has 2 aromatic heterocycles. The van der Waals surface area contributed by atoms with Crippen LogP contribution in [0.2, 0.25) is 0 Å². The lowest BCUT2D eigenvalue weighted by molar-refractivity contribution is 0.0679. The van der Waals surface area contributed by atoms with Crippen LogP contribution in [0.4, 0.5) is 0 Å². The van der Waals surface area contributed by atoms with Gasteiger partial charge in [0.1, 0.15) is 0 Å². The lowest BCUT2D eigenvalue weighted by atomic mass is 9.92. The van der Waals surface area contributed by atoms with Crippen molar-refractivity contribution in [2.75, 3.05) is 45.8 Å². The Morgan fingerprint density at radius 1 is 0.800 bits per heavy atom. The molecule has 6 rings (SSSR count). The molecule has 184 valence electrons. The monoisotopic (exact) mass is 470 g/mol. The van der Waals surface area contributed by atoms with Crippen LogP contribution in [0, 0.1) is 5.92 Å². The van der Waals surface area contributed by atoms with E-state index in [-0.39, 0.29) is 0 Å². The van der Waals surface area contributed by atoms with E-state index in [0.717, 1.165) is 31.1 Å². The second kappa shape index (κ2) is 10.6. The van der Waals surface area contributed by atoms with E-state index in [1.807, 2.05) is 29.1 Å². The predicted molar refractivity (Wildman–Crippen MR) is 140 cm³/mol. The van der Waals surface area contributed by atoms with Gasteiger partial charge in [-0.2, -0.15) is 5.10 Å². The van der Waals surface area contributed by atoms with Gasteiger partial charge in [0.05, 0.1) is 5.69 Å². The van der Waals surface area contributed by atoms with Crippen LogP contribution in [0.1, 0.15) is 36.1 Å². The first-order valence-corrected chi connectivity index (χ1v) is 13.5. The second-order valence-electron chi connectivity index (χ2n) is 10.7. The first kappa shape index (κ1) is 22.9. The molecule has 2 aliphatic heterocycles. The van der Waals surface area contributed by atoms with Gasteiger partial charge in [-0.05, 0) is 74.4 Å². The molecule has 1 unspecified atom stereocenters. The summed E-state index contributed by atoms with van der Waals surface area (Å²) in [5, 5.41) is 4.83. The molecular weight excluding hydrogens is 432 g/mol. The van der Waals surface area contributed by atoms with E-state index in [1.165, 1.54) is 81.9 Å². The minimum atomic E-state index is 0.659. The number of nitrogens with zero attached hydrogens (tertiary/aromatic N) is 6. The molecule has 4 heterocycles. The van der Waals surface area contributed by atoms with Crippen molar-refractivity contribution >= 4 is 0 Å². The molecular formula is C29H38N6. The minimum Gasteiger partial charge on any atom is -0.301 e. The van der Waals surface area contributed by atoms with Crippen molar-refractivity contribution in [3.63, 3.8) is 0 Å². The molecule has 0 spiro atoms. The number of hydrogen-bond acceptors (Lipinski definition) is 5. The van der Waals surface area contributed by atoms with Crippen LogP contribution in [0.3, 0.4) is 0 Å². The van der Waals surface area contributed by atoms with Crippen molar-refractivity contribution in [3.8, 4) is 5.82 Å². The van der Waals surface area contributed by atoms with Gasteiger partial charge in [0.25, 0.3) is 0 Å². The fraction of sp³-hybridized carbons (Fsp3) is 0.517. The Hall–Kier alpha value is -2.54. The van der Waals surface area contributed by atoms with E-state index in [4.69, 9.17) is 5.10 Å². The Labute approximate surface area is 209 Å². The van der Waals surface area contributed by atoms with Gasteiger partial charge in [0.2, 0.25) is 0 Å². The molecule has 3 aromatic rings. The number of rotatable bonds is 6. The average molecular weight is 471 g/mol. The third-order valence-electron chi connectivity index (χ3n) is 8.33. The third-order valence-corrected chi connectivity index (χ3v) is 8.33. The fourth-order valence-corrected chi connectivity index (χ4v) is 6.25. The molecule has 0 radical (unpaired) electrons. The van der Waals surface area contributed by atoms with E-state index >= 15 is 0 Å². The van der Waals surface area contributed by atoms with Crippen molar-refractivity contribution in [1.29, 1.82) is 0 Å². The van der Waals surface area contributed by atoms with Crippen LogP contribution in [-0.2, 0) is 19.4 Å². The number of pyridine rings is 1. The van der Waals surface area contributed by atoms with Crippen molar-refractivity contribution in [2.45, 2.75) is 44.7 Å². The second-order valence-corrected chi connectivity index (χ2v) is 10.7. The van der Waals surface area contributed by atoms with Gasteiger partial charge >= 0.3 is 0 Å². The van der Waals surface area contributed by atoms with Gasteiger partial charge in [-0.15, -0.1) is 0 Å². The summed E-state index contributed by atoms with van der Waals surface area (Å²) >= 11 is 0. The van der Waals surface area contributed by atoms with E-state index in [1.54, 1.807) is 0 Å². The summed E-state index contributed by atoms with van der Waals surface area (Å²) in [6.07, 6.45) is 10.2. The summed E-state index contributed by atoms with van der Waals surface area (Å²) in [4.78, 5) is 12.6. The zero-order valence-electron chi connectivity index (χ0n) is 20.8. The first-order valence-electron chi connectivity index (χ1n) is 13.5. The molecule has 0 N–H and O–H groups in total. The summed E-state index contributed by atoms with van der Waals surface area (Å²) in [5.74, 6) is 1.78. The van der Waals surface area contributed by atoms with Gasteiger partial charge in [-0.25, -0.2) is 9.67 Å². The molecule has 0 amide bonds. The molecule has 0 bridgehead atoms. The predicted octanol–water partition coefficient (Wildman–Crippen LogP) is 3.65. The number of likely N-dealkylation sites (tertiary alicyclic amines) is 1. The summed E-state index contributed by atoms with van der Waals surface area (Å²) in [6, 6.07) is 17.6. The van der Waals surface area contributed by atoms with Crippen LogP contribution >= 0.6 is 0 Å². The zero-order valence-corrected chi connectivity index (χ0v) is 20.8.